The van der Waals surface area contributed by atoms with Crippen LogP contribution >= 0.6 is 0 Å². The van der Waals surface area contributed by atoms with Crippen molar-refractivity contribution >= 4 is 0 Å². The molecule has 0 saturated carbocycles. The van der Waals surface area contributed by atoms with Crippen LogP contribution in [0.5, 0.6) is 11.5 Å². The van der Waals surface area contributed by atoms with Gasteiger partial charge in [0.25, 0.3) is 0 Å². The third kappa shape index (κ3) is 2.14. The predicted octanol–water partition coefficient (Wildman–Crippen LogP) is 1.89. The zero-order chi connectivity index (χ0) is 11.5. The minimum Gasteiger partial charge on any atom is -0.503 e. The van der Waals surface area contributed by atoms with Crippen molar-refractivity contribution in [3.8, 4) is 22.6 Å². The maximum absolute atomic E-state index is 9.51. The van der Waals surface area contributed by atoms with Crippen molar-refractivity contribution in [1.29, 1.82) is 0 Å². The highest BCUT2D eigenvalue weighted by atomic mass is 16.5. The van der Waals surface area contributed by atoms with Gasteiger partial charge < -0.3 is 9.84 Å². The summed E-state index contributed by atoms with van der Waals surface area (Å²) in [5, 5.41) is 9.51. The lowest BCUT2D eigenvalue weighted by molar-refractivity contribution is -0.671. The molecule has 3 heteroatoms. The van der Waals surface area contributed by atoms with Gasteiger partial charge in [-0.3, -0.25) is 0 Å². The highest BCUT2D eigenvalue weighted by Crippen LogP contribution is 2.23. The smallest absolute Gasteiger partial charge is 0.210 e. The second-order valence-electron chi connectivity index (χ2n) is 3.68. The number of rotatable bonds is 2. The van der Waals surface area contributed by atoms with Crippen molar-refractivity contribution in [2.45, 2.75) is 0 Å². The van der Waals surface area contributed by atoms with Crippen LogP contribution in [0.15, 0.2) is 42.7 Å². The fraction of sp³-hybridized carbons (Fsp3) is 0.154. The van der Waals surface area contributed by atoms with Crippen LogP contribution < -0.4 is 9.30 Å². The molecule has 0 unspecified atom stereocenters. The average Bonchev–Trinajstić information content (AvgIpc) is 2.28. The van der Waals surface area contributed by atoms with Crippen molar-refractivity contribution in [3.63, 3.8) is 0 Å². The quantitative estimate of drug-likeness (QED) is 0.778. The number of hydrogen-bond acceptors (Lipinski definition) is 2. The van der Waals surface area contributed by atoms with Crippen LogP contribution in [0.1, 0.15) is 0 Å². The fourth-order valence-corrected chi connectivity index (χ4v) is 1.64. The summed E-state index contributed by atoms with van der Waals surface area (Å²) < 4.78 is 6.93. The Kier molecular flexibility index (Phi) is 2.77. The summed E-state index contributed by atoms with van der Waals surface area (Å²) in [5.41, 5.74) is 2.03. The van der Waals surface area contributed by atoms with E-state index in [1.807, 2.05) is 42.1 Å². The van der Waals surface area contributed by atoms with Gasteiger partial charge in [-0.25, -0.2) is 4.57 Å². The van der Waals surface area contributed by atoms with Crippen molar-refractivity contribution in [2.75, 3.05) is 7.11 Å². The minimum atomic E-state index is 0.260. The molecule has 0 aliphatic carbocycles. The minimum absolute atomic E-state index is 0.260. The topological polar surface area (TPSA) is 33.3 Å². The van der Waals surface area contributed by atoms with Gasteiger partial charge in [-0.2, -0.15) is 0 Å². The van der Waals surface area contributed by atoms with E-state index in [1.165, 1.54) is 0 Å². The van der Waals surface area contributed by atoms with Gasteiger partial charge in [-0.05, 0) is 23.8 Å². The van der Waals surface area contributed by atoms with E-state index in [2.05, 4.69) is 0 Å². The first-order valence-electron chi connectivity index (χ1n) is 5.03. The van der Waals surface area contributed by atoms with E-state index in [1.54, 1.807) is 19.4 Å². The van der Waals surface area contributed by atoms with Crippen LogP contribution in [0.3, 0.4) is 0 Å². The molecule has 0 spiro atoms. The van der Waals surface area contributed by atoms with Crippen LogP contribution in [-0.4, -0.2) is 12.2 Å². The number of hydrogen-bond donors (Lipinski definition) is 1. The molecular formula is C13H14NO2+. The van der Waals surface area contributed by atoms with E-state index in [-0.39, 0.29) is 5.75 Å². The van der Waals surface area contributed by atoms with Crippen molar-refractivity contribution in [2.24, 2.45) is 7.05 Å². The standard InChI is InChI=1S/C13H13NO2/c1-14-8-11(7-12(15)9-14)10-3-5-13(16-2)6-4-10/h3-9H,1-2H3/p+1. The monoisotopic (exact) mass is 216 g/mol. The summed E-state index contributed by atoms with van der Waals surface area (Å²) in [6, 6.07) is 9.47. The summed E-state index contributed by atoms with van der Waals surface area (Å²) in [6.45, 7) is 0. The van der Waals surface area contributed by atoms with Crippen LogP contribution in [0.25, 0.3) is 11.1 Å². The molecule has 1 N–H and O–H groups in total. The molecule has 0 bridgehead atoms. The zero-order valence-electron chi connectivity index (χ0n) is 9.34. The molecule has 0 aliphatic rings. The third-order valence-corrected chi connectivity index (χ3v) is 2.41. The van der Waals surface area contributed by atoms with Gasteiger partial charge >= 0.3 is 0 Å². The highest BCUT2D eigenvalue weighted by Gasteiger charge is 2.05. The van der Waals surface area contributed by atoms with E-state index >= 15 is 0 Å². The van der Waals surface area contributed by atoms with E-state index < -0.39 is 0 Å². The molecule has 0 amide bonds. The zero-order valence-corrected chi connectivity index (χ0v) is 9.34. The Morgan fingerprint density at radius 1 is 1.06 bits per heavy atom. The molecule has 0 aliphatic heterocycles. The average molecular weight is 216 g/mol. The Bertz CT molecular complexity index is 472. The second-order valence-corrected chi connectivity index (χ2v) is 3.68. The maximum Gasteiger partial charge on any atom is 0.210 e. The first-order valence-corrected chi connectivity index (χ1v) is 5.03. The molecular weight excluding hydrogens is 202 g/mol. The van der Waals surface area contributed by atoms with E-state index in [0.717, 1.165) is 16.9 Å². The number of methoxy groups -OCH3 is 1. The van der Waals surface area contributed by atoms with E-state index in [4.69, 9.17) is 4.74 Å². The van der Waals surface area contributed by atoms with Gasteiger partial charge in [-0.1, -0.05) is 12.1 Å². The van der Waals surface area contributed by atoms with Gasteiger partial charge in [-0.15, -0.1) is 0 Å². The van der Waals surface area contributed by atoms with E-state index in [0.29, 0.717) is 0 Å². The van der Waals surface area contributed by atoms with Gasteiger partial charge in [0, 0.05) is 5.56 Å². The Morgan fingerprint density at radius 2 is 1.75 bits per heavy atom. The molecule has 1 aromatic carbocycles. The number of aryl methyl sites for hydroxylation is 1. The lowest BCUT2D eigenvalue weighted by Gasteiger charge is -2.03. The second kappa shape index (κ2) is 4.23. The Balaban J connectivity index is 2.42. The van der Waals surface area contributed by atoms with Gasteiger partial charge in [0.15, 0.2) is 11.9 Å². The molecule has 0 fully saturated rings. The number of ether oxygens (including phenoxy) is 1. The first kappa shape index (κ1) is 10.5. The summed E-state index contributed by atoms with van der Waals surface area (Å²) in [6.07, 6.45) is 3.62. The Labute approximate surface area is 94.6 Å². The largest absolute Gasteiger partial charge is 0.503 e. The van der Waals surface area contributed by atoms with Crippen LogP contribution in [0, 0.1) is 0 Å². The number of aromatic nitrogens is 1. The normalized spacial score (nSPS) is 10.1. The Hall–Kier alpha value is -2.03. The summed E-state index contributed by atoms with van der Waals surface area (Å²) >= 11 is 0. The highest BCUT2D eigenvalue weighted by molar-refractivity contribution is 5.63. The maximum atomic E-state index is 9.51. The molecule has 1 heterocycles. The molecule has 2 aromatic rings. The summed E-state index contributed by atoms with van der Waals surface area (Å²) in [4.78, 5) is 0. The van der Waals surface area contributed by atoms with Gasteiger partial charge in [0.2, 0.25) is 6.20 Å². The molecule has 0 saturated heterocycles. The van der Waals surface area contributed by atoms with Crippen LogP contribution in [0.2, 0.25) is 0 Å². The number of nitrogens with zero attached hydrogens (tertiary/aromatic N) is 1. The SMILES string of the molecule is COc1ccc(-c2cc(O)c[n+](C)c2)cc1. The van der Waals surface area contributed by atoms with Crippen LogP contribution in [-0.2, 0) is 7.05 Å². The first-order chi connectivity index (χ1) is 7.69. The third-order valence-electron chi connectivity index (χ3n) is 2.41. The van der Waals surface area contributed by atoms with Crippen LogP contribution in [0.4, 0.5) is 0 Å². The molecule has 3 nitrogen and oxygen atoms in total. The fourth-order valence-electron chi connectivity index (χ4n) is 1.64. The van der Waals surface area contributed by atoms with Crippen molar-refractivity contribution in [1.82, 2.24) is 0 Å². The molecule has 16 heavy (non-hydrogen) atoms. The lowest BCUT2D eigenvalue weighted by atomic mass is 10.1. The number of aromatic hydroxyl groups is 1. The molecule has 0 radical (unpaired) electrons. The summed E-state index contributed by atoms with van der Waals surface area (Å²) in [5.74, 6) is 1.09. The van der Waals surface area contributed by atoms with Gasteiger partial charge in [0.1, 0.15) is 12.8 Å². The molecule has 2 rings (SSSR count). The van der Waals surface area contributed by atoms with Gasteiger partial charge in [0.05, 0.1) is 7.11 Å². The molecule has 82 valence electrons. The lowest BCUT2D eigenvalue weighted by Crippen LogP contribution is -2.26. The molecule has 1 aromatic heterocycles. The molecule has 0 atom stereocenters. The number of pyridine rings is 1. The predicted molar refractivity (Wildman–Crippen MR) is 61.3 cm³/mol. The van der Waals surface area contributed by atoms with E-state index in [9.17, 15) is 5.11 Å². The van der Waals surface area contributed by atoms with Crippen molar-refractivity contribution < 1.29 is 14.4 Å². The Morgan fingerprint density at radius 3 is 2.31 bits per heavy atom. The summed E-state index contributed by atoms with van der Waals surface area (Å²) in [7, 11) is 3.52. The number of benzene rings is 1. The van der Waals surface area contributed by atoms with Crippen molar-refractivity contribution in [3.05, 3.63) is 42.7 Å².